The first-order valence-corrected chi connectivity index (χ1v) is 7.81. The quantitative estimate of drug-likeness (QED) is 0.830. The van der Waals surface area contributed by atoms with E-state index in [-0.39, 0.29) is 6.04 Å². The van der Waals surface area contributed by atoms with Crippen molar-refractivity contribution in [3.05, 3.63) is 51.7 Å². The highest BCUT2D eigenvalue weighted by atomic mass is 32.2. The summed E-state index contributed by atoms with van der Waals surface area (Å²) in [4.78, 5) is 4.00. The minimum absolute atomic E-state index is 0.148. The molecule has 0 fully saturated rings. The molecule has 2 N–H and O–H groups in total. The minimum atomic E-state index is 0.148. The molecule has 0 saturated heterocycles. The Bertz CT molecular complexity index is 499. The van der Waals surface area contributed by atoms with Crippen LogP contribution in [-0.2, 0) is 0 Å². The topological polar surface area (TPSA) is 26.0 Å². The molecule has 2 unspecified atom stereocenters. The van der Waals surface area contributed by atoms with Crippen LogP contribution in [-0.4, -0.2) is 6.04 Å². The van der Waals surface area contributed by atoms with Gasteiger partial charge in [-0.3, -0.25) is 0 Å². The summed E-state index contributed by atoms with van der Waals surface area (Å²) in [5.41, 5.74) is 7.44. The van der Waals surface area contributed by atoms with E-state index in [0.29, 0.717) is 5.25 Å². The van der Waals surface area contributed by atoms with Gasteiger partial charge in [-0.05, 0) is 45.0 Å². The van der Waals surface area contributed by atoms with Crippen LogP contribution in [0.25, 0.3) is 0 Å². The molecular formula is C15H19NS2. The van der Waals surface area contributed by atoms with Crippen LogP contribution < -0.4 is 5.73 Å². The highest BCUT2D eigenvalue weighted by Crippen LogP contribution is 2.40. The summed E-state index contributed by atoms with van der Waals surface area (Å²) in [5.74, 6) is 0. The Morgan fingerprint density at radius 1 is 1.06 bits per heavy atom. The van der Waals surface area contributed by atoms with Crippen LogP contribution in [0.3, 0.4) is 0 Å². The van der Waals surface area contributed by atoms with E-state index in [4.69, 9.17) is 5.73 Å². The van der Waals surface area contributed by atoms with Gasteiger partial charge in [-0.15, -0.1) is 23.1 Å². The van der Waals surface area contributed by atoms with E-state index < -0.39 is 0 Å². The normalized spacial score (nSPS) is 14.4. The van der Waals surface area contributed by atoms with Crippen molar-refractivity contribution in [1.82, 2.24) is 0 Å². The van der Waals surface area contributed by atoms with Crippen molar-refractivity contribution in [3.8, 4) is 0 Å². The molecule has 0 spiro atoms. The van der Waals surface area contributed by atoms with Gasteiger partial charge in [0.1, 0.15) is 0 Å². The molecular weight excluding hydrogens is 258 g/mol. The van der Waals surface area contributed by atoms with Gasteiger partial charge in [0.2, 0.25) is 0 Å². The summed E-state index contributed by atoms with van der Waals surface area (Å²) in [7, 11) is 0. The molecule has 2 aromatic rings. The molecule has 96 valence electrons. The molecule has 0 aliphatic heterocycles. The van der Waals surface area contributed by atoms with Crippen molar-refractivity contribution in [1.29, 1.82) is 0 Å². The van der Waals surface area contributed by atoms with Crippen molar-refractivity contribution < 1.29 is 0 Å². The third-order valence-electron chi connectivity index (χ3n) is 2.80. The molecule has 3 heteroatoms. The zero-order chi connectivity index (χ0) is 13.1. The molecule has 0 aliphatic carbocycles. The Morgan fingerprint density at radius 3 is 2.22 bits per heavy atom. The van der Waals surface area contributed by atoms with E-state index in [9.17, 15) is 0 Å². The molecule has 2 atom stereocenters. The second-order valence-electron chi connectivity index (χ2n) is 4.66. The predicted octanol–water partition coefficient (Wildman–Crippen LogP) is 4.55. The zero-order valence-electron chi connectivity index (χ0n) is 11.0. The third-order valence-corrected chi connectivity index (χ3v) is 5.52. The van der Waals surface area contributed by atoms with Gasteiger partial charge in [-0.2, -0.15) is 0 Å². The molecule has 2 rings (SSSR count). The van der Waals surface area contributed by atoms with Crippen molar-refractivity contribution in [2.45, 2.75) is 37.0 Å². The average Bonchev–Trinajstić information content (AvgIpc) is 2.74. The van der Waals surface area contributed by atoms with E-state index >= 15 is 0 Å². The van der Waals surface area contributed by atoms with Gasteiger partial charge in [-0.25, -0.2) is 0 Å². The van der Waals surface area contributed by atoms with E-state index in [2.05, 4.69) is 57.2 Å². The largest absolute Gasteiger partial charge is 0.327 e. The van der Waals surface area contributed by atoms with Crippen molar-refractivity contribution in [2.24, 2.45) is 5.73 Å². The SMILES string of the molecule is Cc1ccc(SC(c2ccc(C)s2)C(C)N)cc1. The molecule has 0 bridgehead atoms. The lowest BCUT2D eigenvalue weighted by Gasteiger charge is -2.19. The maximum Gasteiger partial charge on any atom is 0.0586 e. The Labute approximate surface area is 117 Å². The number of rotatable bonds is 4. The average molecular weight is 277 g/mol. The molecule has 0 aliphatic rings. The number of hydrogen-bond acceptors (Lipinski definition) is 3. The van der Waals surface area contributed by atoms with E-state index in [1.54, 1.807) is 0 Å². The summed E-state index contributed by atoms with van der Waals surface area (Å²) in [6, 6.07) is 13.2. The van der Waals surface area contributed by atoms with Gasteiger partial charge in [0.05, 0.1) is 5.25 Å². The number of aryl methyl sites for hydroxylation is 2. The van der Waals surface area contributed by atoms with Crippen molar-refractivity contribution >= 4 is 23.1 Å². The number of nitrogens with two attached hydrogens (primary N) is 1. The lowest BCUT2D eigenvalue weighted by atomic mass is 10.2. The third kappa shape index (κ3) is 3.37. The first kappa shape index (κ1) is 13.7. The smallest absolute Gasteiger partial charge is 0.0586 e. The molecule has 1 aromatic carbocycles. The van der Waals surface area contributed by atoms with E-state index in [1.807, 2.05) is 23.1 Å². The van der Waals surface area contributed by atoms with Crippen LogP contribution in [0.5, 0.6) is 0 Å². The lowest BCUT2D eigenvalue weighted by molar-refractivity contribution is 0.730. The van der Waals surface area contributed by atoms with Gasteiger partial charge >= 0.3 is 0 Å². The van der Waals surface area contributed by atoms with E-state index in [1.165, 1.54) is 20.2 Å². The minimum Gasteiger partial charge on any atom is -0.327 e. The van der Waals surface area contributed by atoms with Gasteiger partial charge in [-0.1, -0.05) is 17.7 Å². The summed E-state index contributed by atoms with van der Waals surface area (Å²) in [6.07, 6.45) is 0. The Morgan fingerprint density at radius 2 is 1.72 bits per heavy atom. The molecule has 1 aromatic heterocycles. The lowest BCUT2D eigenvalue weighted by Crippen LogP contribution is -2.21. The maximum absolute atomic E-state index is 6.14. The van der Waals surface area contributed by atoms with E-state index in [0.717, 1.165) is 0 Å². The van der Waals surface area contributed by atoms with Crippen LogP contribution in [0.15, 0.2) is 41.3 Å². The van der Waals surface area contributed by atoms with Gasteiger partial charge in [0, 0.05) is 20.7 Å². The van der Waals surface area contributed by atoms with Gasteiger partial charge in [0.25, 0.3) is 0 Å². The summed E-state index contributed by atoms with van der Waals surface area (Å²) >= 11 is 3.70. The standard InChI is InChI=1S/C15H19NS2/c1-10-4-7-13(8-5-10)18-15(12(3)16)14-9-6-11(2)17-14/h4-9,12,15H,16H2,1-3H3. The predicted molar refractivity (Wildman–Crippen MR) is 82.5 cm³/mol. The number of hydrogen-bond donors (Lipinski definition) is 1. The maximum atomic E-state index is 6.14. The van der Waals surface area contributed by atoms with Crippen LogP contribution in [0, 0.1) is 13.8 Å². The number of thiophene rings is 1. The molecule has 0 amide bonds. The second kappa shape index (κ2) is 5.91. The fourth-order valence-corrected chi connectivity index (χ4v) is 4.05. The Balaban J connectivity index is 2.19. The Kier molecular flexibility index (Phi) is 4.49. The van der Waals surface area contributed by atoms with Crippen LogP contribution in [0.2, 0.25) is 0 Å². The molecule has 1 nitrogen and oxygen atoms in total. The highest BCUT2D eigenvalue weighted by molar-refractivity contribution is 7.99. The molecule has 0 radical (unpaired) electrons. The summed E-state index contributed by atoms with van der Waals surface area (Å²) < 4.78 is 0. The highest BCUT2D eigenvalue weighted by Gasteiger charge is 2.19. The van der Waals surface area contributed by atoms with Gasteiger partial charge < -0.3 is 5.73 Å². The first-order valence-electron chi connectivity index (χ1n) is 6.11. The molecule has 0 saturated carbocycles. The fourth-order valence-electron chi connectivity index (χ4n) is 1.79. The van der Waals surface area contributed by atoms with Crippen LogP contribution >= 0.6 is 23.1 Å². The first-order chi connectivity index (χ1) is 8.56. The van der Waals surface area contributed by atoms with Gasteiger partial charge in [0.15, 0.2) is 0 Å². The fraction of sp³-hybridized carbons (Fsp3) is 0.333. The van der Waals surface area contributed by atoms with Crippen LogP contribution in [0.1, 0.15) is 27.5 Å². The zero-order valence-corrected chi connectivity index (χ0v) is 12.6. The van der Waals surface area contributed by atoms with Crippen molar-refractivity contribution in [3.63, 3.8) is 0 Å². The second-order valence-corrected chi connectivity index (χ2v) is 7.19. The Hall–Kier alpha value is -0.770. The summed E-state index contributed by atoms with van der Waals surface area (Å²) in [5, 5.41) is 0.339. The molecule has 1 heterocycles. The summed E-state index contributed by atoms with van der Waals surface area (Å²) in [6.45, 7) is 6.34. The molecule has 18 heavy (non-hydrogen) atoms. The number of benzene rings is 1. The van der Waals surface area contributed by atoms with Crippen LogP contribution in [0.4, 0.5) is 0 Å². The monoisotopic (exact) mass is 277 g/mol. The van der Waals surface area contributed by atoms with Crippen molar-refractivity contribution in [2.75, 3.05) is 0 Å². The number of thioether (sulfide) groups is 1.